The van der Waals surface area contributed by atoms with E-state index in [4.69, 9.17) is 11.6 Å². The van der Waals surface area contributed by atoms with Crippen LogP contribution in [0.5, 0.6) is 0 Å². The third-order valence-electron chi connectivity index (χ3n) is 3.50. The Balaban J connectivity index is 2.04. The summed E-state index contributed by atoms with van der Waals surface area (Å²) in [5.74, 6) is 0.972. The van der Waals surface area contributed by atoms with Crippen molar-refractivity contribution in [2.24, 2.45) is 0 Å². The Morgan fingerprint density at radius 1 is 1.21 bits per heavy atom. The fourth-order valence-corrected chi connectivity index (χ4v) is 2.51. The summed E-state index contributed by atoms with van der Waals surface area (Å²) in [6.45, 7) is 2.62. The Morgan fingerprint density at radius 2 is 1.96 bits per heavy atom. The molecule has 0 spiro atoms. The van der Waals surface area contributed by atoms with Gasteiger partial charge in [-0.05, 0) is 31.5 Å². The lowest BCUT2D eigenvalue weighted by atomic mass is 10.3. The molecule has 0 aliphatic heterocycles. The monoisotopic (exact) mass is 356 g/mol. The first-order valence-corrected chi connectivity index (χ1v) is 7.30. The molecule has 0 saturated heterocycles. The van der Waals surface area contributed by atoms with Gasteiger partial charge >= 0.3 is 6.18 Å². The van der Waals surface area contributed by atoms with Crippen LogP contribution in [0.3, 0.4) is 0 Å². The number of rotatable bonds is 3. The predicted octanol–water partition coefficient (Wildman–Crippen LogP) is 4.05. The van der Waals surface area contributed by atoms with E-state index in [1.54, 1.807) is 6.07 Å². The number of imidazole rings is 1. The molecule has 0 bridgehead atoms. The molecule has 1 unspecified atom stereocenters. The lowest BCUT2D eigenvalue weighted by Gasteiger charge is -2.19. The largest absolute Gasteiger partial charge is 0.408 e. The van der Waals surface area contributed by atoms with Gasteiger partial charge in [0, 0.05) is 12.3 Å². The maximum absolute atomic E-state index is 13.1. The summed E-state index contributed by atoms with van der Waals surface area (Å²) in [5.41, 5.74) is 0.713. The molecule has 24 heavy (non-hydrogen) atoms. The maximum atomic E-state index is 13.1. The van der Waals surface area contributed by atoms with Crippen molar-refractivity contribution < 1.29 is 13.2 Å². The van der Waals surface area contributed by atoms with E-state index < -0.39 is 12.2 Å². The van der Waals surface area contributed by atoms with E-state index in [2.05, 4.69) is 25.3 Å². The summed E-state index contributed by atoms with van der Waals surface area (Å²) in [7, 11) is 0. The van der Waals surface area contributed by atoms with Gasteiger partial charge in [-0.25, -0.2) is 19.9 Å². The number of nitrogens with one attached hydrogen (secondary N) is 1. The van der Waals surface area contributed by atoms with Gasteiger partial charge in [0.1, 0.15) is 29.0 Å². The predicted molar refractivity (Wildman–Crippen MR) is 83.4 cm³/mol. The van der Waals surface area contributed by atoms with Crippen molar-refractivity contribution in [1.82, 2.24) is 24.5 Å². The number of pyridine rings is 1. The van der Waals surface area contributed by atoms with Gasteiger partial charge in [-0.1, -0.05) is 0 Å². The van der Waals surface area contributed by atoms with E-state index in [9.17, 15) is 13.2 Å². The highest BCUT2D eigenvalue weighted by atomic mass is 35.5. The molecule has 0 radical (unpaired) electrons. The highest BCUT2D eigenvalue weighted by Crippen LogP contribution is 2.34. The van der Waals surface area contributed by atoms with Crippen LogP contribution in [0.2, 0.25) is 5.28 Å². The molecule has 6 nitrogen and oxygen atoms in total. The molecule has 1 N–H and O–H groups in total. The standard InChI is InChI=1S/C14H12ClF3N6/c1-7(14(16,17)18)24-8(2)21-9-6-20-12(5-10(9)24)22-11-3-4-19-13(15)23-11/h3-7H,1-2H3,(H,19,20,22,23). The van der Waals surface area contributed by atoms with E-state index in [0.717, 1.165) is 11.5 Å². The van der Waals surface area contributed by atoms with Crippen LogP contribution in [0.4, 0.5) is 24.8 Å². The minimum absolute atomic E-state index is 0.0488. The molecule has 0 amide bonds. The Morgan fingerprint density at radius 3 is 2.62 bits per heavy atom. The van der Waals surface area contributed by atoms with E-state index in [1.165, 1.54) is 25.4 Å². The average Bonchev–Trinajstić information content (AvgIpc) is 2.80. The molecule has 0 aromatic carbocycles. The first-order valence-electron chi connectivity index (χ1n) is 6.92. The number of aromatic nitrogens is 5. The topological polar surface area (TPSA) is 68.5 Å². The molecular formula is C14H12ClF3N6. The summed E-state index contributed by atoms with van der Waals surface area (Å²) in [6, 6.07) is 1.36. The lowest BCUT2D eigenvalue weighted by Crippen LogP contribution is -2.24. The van der Waals surface area contributed by atoms with Crippen molar-refractivity contribution in [2.75, 3.05) is 5.32 Å². The van der Waals surface area contributed by atoms with Crippen molar-refractivity contribution in [3.63, 3.8) is 0 Å². The lowest BCUT2D eigenvalue weighted by molar-refractivity contribution is -0.162. The first kappa shape index (κ1) is 16.4. The summed E-state index contributed by atoms with van der Waals surface area (Å²) < 4.78 is 40.4. The third kappa shape index (κ3) is 3.12. The fourth-order valence-electron chi connectivity index (χ4n) is 2.36. The van der Waals surface area contributed by atoms with Crippen LogP contribution < -0.4 is 5.32 Å². The molecule has 10 heteroatoms. The van der Waals surface area contributed by atoms with Crippen molar-refractivity contribution in [3.05, 3.63) is 35.6 Å². The van der Waals surface area contributed by atoms with Gasteiger partial charge in [0.15, 0.2) is 0 Å². The quantitative estimate of drug-likeness (QED) is 0.717. The maximum Gasteiger partial charge on any atom is 0.408 e. The molecule has 0 aliphatic rings. The highest BCUT2D eigenvalue weighted by Gasteiger charge is 2.38. The van der Waals surface area contributed by atoms with Gasteiger partial charge in [-0.15, -0.1) is 0 Å². The number of hydrogen-bond donors (Lipinski definition) is 1. The fraction of sp³-hybridized carbons (Fsp3) is 0.286. The van der Waals surface area contributed by atoms with Crippen LogP contribution in [-0.2, 0) is 0 Å². The van der Waals surface area contributed by atoms with Crippen LogP contribution in [0.1, 0.15) is 18.8 Å². The molecule has 126 valence electrons. The Hall–Kier alpha value is -2.42. The summed E-state index contributed by atoms with van der Waals surface area (Å²) in [6.07, 6.45) is -1.52. The number of anilines is 2. The SMILES string of the molecule is Cc1nc2cnc(Nc3ccnc(Cl)n3)cc2n1C(C)C(F)(F)F. The second-order valence-corrected chi connectivity index (χ2v) is 5.48. The summed E-state index contributed by atoms with van der Waals surface area (Å²) in [5, 5.41) is 2.93. The highest BCUT2D eigenvalue weighted by molar-refractivity contribution is 6.28. The minimum atomic E-state index is -4.38. The van der Waals surface area contributed by atoms with Crippen molar-refractivity contribution in [3.8, 4) is 0 Å². The molecule has 0 aliphatic carbocycles. The Bertz CT molecular complexity index is 892. The number of alkyl halides is 3. The second kappa shape index (κ2) is 5.90. The van der Waals surface area contributed by atoms with Crippen molar-refractivity contribution >= 4 is 34.3 Å². The molecule has 3 aromatic heterocycles. The number of aryl methyl sites for hydroxylation is 1. The zero-order chi connectivity index (χ0) is 17.5. The van der Waals surface area contributed by atoms with Gasteiger partial charge in [0.2, 0.25) is 5.28 Å². The number of nitrogens with zero attached hydrogens (tertiary/aromatic N) is 5. The normalized spacial score (nSPS) is 13.2. The van der Waals surface area contributed by atoms with Gasteiger partial charge in [-0.3, -0.25) is 0 Å². The number of hydrogen-bond acceptors (Lipinski definition) is 5. The Kier molecular flexibility index (Phi) is 4.04. The van der Waals surface area contributed by atoms with Crippen LogP contribution in [-0.4, -0.2) is 30.7 Å². The van der Waals surface area contributed by atoms with E-state index in [0.29, 0.717) is 22.7 Å². The van der Waals surface area contributed by atoms with Gasteiger partial charge < -0.3 is 9.88 Å². The average molecular weight is 357 g/mol. The zero-order valence-corrected chi connectivity index (χ0v) is 13.4. The van der Waals surface area contributed by atoms with Crippen molar-refractivity contribution in [1.29, 1.82) is 0 Å². The van der Waals surface area contributed by atoms with Gasteiger partial charge in [-0.2, -0.15) is 13.2 Å². The summed E-state index contributed by atoms with van der Waals surface area (Å²) in [4.78, 5) is 16.0. The molecular weight excluding hydrogens is 345 g/mol. The minimum Gasteiger partial charge on any atom is -0.325 e. The van der Waals surface area contributed by atoms with Crippen LogP contribution in [0.15, 0.2) is 24.5 Å². The molecule has 3 heterocycles. The Labute approximate surface area is 139 Å². The van der Waals surface area contributed by atoms with E-state index >= 15 is 0 Å². The molecule has 0 fully saturated rings. The molecule has 3 aromatic rings. The smallest absolute Gasteiger partial charge is 0.325 e. The van der Waals surface area contributed by atoms with Gasteiger partial charge in [0.25, 0.3) is 0 Å². The first-order chi connectivity index (χ1) is 11.3. The van der Waals surface area contributed by atoms with E-state index in [-0.39, 0.29) is 11.1 Å². The van der Waals surface area contributed by atoms with Crippen LogP contribution >= 0.6 is 11.6 Å². The molecule has 1 atom stereocenters. The third-order valence-corrected chi connectivity index (χ3v) is 3.68. The zero-order valence-electron chi connectivity index (χ0n) is 12.6. The van der Waals surface area contributed by atoms with Crippen LogP contribution in [0.25, 0.3) is 11.0 Å². The van der Waals surface area contributed by atoms with Crippen LogP contribution in [0, 0.1) is 6.92 Å². The van der Waals surface area contributed by atoms with Crippen molar-refractivity contribution in [2.45, 2.75) is 26.1 Å². The van der Waals surface area contributed by atoms with E-state index in [1.807, 2.05) is 0 Å². The number of halogens is 4. The molecule has 3 rings (SSSR count). The summed E-state index contributed by atoms with van der Waals surface area (Å²) >= 11 is 5.70. The molecule has 0 saturated carbocycles. The van der Waals surface area contributed by atoms with Gasteiger partial charge in [0.05, 0.1) is 11.7 Å². The second-order valence-electron chi connectivity index (χ2n) is 5.14. The number of fused-ring (bicyclic) bond motifs is 1.